The fourth-order valence-electron chi connectivity index (χ4n) is 3.15. The van der Waals surface area contributed by atoms with Gasteiger partial charge in [-0.25, -0.2) is 5.26 Å². The third-order valence-corrected chi connectivity index (χ3v) is 5.48. The molecular weight excluding hydrogens is 372 g/mol. The number of hydrogen-bond donors (Lipinski definition) is 1. The van der Waals surface area contributed by atoms with Crippen LogP contribution in [0, 0.1) is 5.92 Å². The van der Waals surface area contributed by atoms with Crippen molar-refractivity contribution in [1.29, 1.82) is 0 Å². The van der Waals surface area contributed by atoms with Crippen LogP contribution in [0.25, 0.3) is 0 Å². The first-order chi connectivity index (χ1) is 13.2. The summed E-state index contributed by atoms with van der Waals surface area (Å²) in [6, 6.07) is 0. The molecule has 1 atom stereocenters. The van der Waals surface area contributed by atoms with Crippen LogP contribution in [0.5, 0.6) is 0 Å². The molecule has 8 heteroatoms. The Bertz CT molecular complexity index is 400. The molecule has 27 heavy (non-hydrogen) atoms. The summed E-state index contributed by atoms with van der Waals surface area (Å²) >= 11 is 0.550. The Balaban J connectivity index is 2.25. The molecule has 0 heterocycles. The lowest BCUT2D eigenvalue weighted by Gasteiger charge is -2.22. The molecule has 1 fully saturated rings. The molecule has 1 unspecified atom stereocenters. The molecular formula is C19H34O7S. The monoisotopic (exact) mass is 406 g/mol. The minimum atomic E-state index is -0.933. The van der Waals surface area contributed by atoms with Crippen LogP contribution >= 0.6 is 12.0 Å². The molecule has 0 spiro atoms. The molecule has 1 aliphatic rings. The zero-order valence-corrected chi connectivity index (χ0v) is 17.2. The van der Waals surface area contributed by atoms with Crippen molar-refractivity contribution in [2.45, 2.75) is 89.2 Å². The maximum Gasteiger partial charge on any atom is 0.322 e. The fourth-order valence-corrected chi connectivity index (χ4v) is 3.63. The average Bonchev–Trinajstić information content (AvgIpc) is 2.69. The standard InChI is InChI=1S/C19H34O7S/c1-2-3-4-5-6-10-13-23-18(20)14-17(27-26-25-22)19(21)24-15-16-11-8-7-9-12-16/h16-17,22H,2-15H2,1H3. The van der Waals surface area contributed by atoms with Crippen molar-refractivity contribution in [1.82, 2.24) is 0 Å². The Labute approximate surface area is 166 Å². The fraction of sp³-hybridized carbons (Fsp3) is 0.895. The van der Waals surface area contributed by atoms with Crippen molar-refractivity contribution < 1.29 is 33.7 Å². The second-order valence-corrected chi connectivity index (χ2v) is 7.95. The Hall–Kier alpha value is -0.830. The van der Waals surface area contributed by atoms with Gasteiger partial charge in [0.15, 0.2) is 0 Å². The van der Waals surface area contributed by atoms with Crippen molar-refractivity contribution in [3.8, 4) is 0 Å². The van der Waals surface area contributed by atoms with E-state index in [1.165, 1.54) is 25.7 Å². The third-order valence-electron chi connectivity index (χ3n) is 4.75. The smallest absolute Gasteiger partial charge is 0.322 e. The van der Waals surface area contributed by atoms with Crippen LogP contribution in [0.4, 0.5) is 0 Å². The Morgan fingerprint density at radius 1 is 1.04 bits per heavy atom. The predicted molar refractivity (Wildman–Crippen MR) is 103 cm³/mol. The van der Waals surface area contributed by atoms with Crippen LogP contribution < -0.4 is 0 Å². The molecule has 0 aromatic carbocycles. The summed E-state index contributed by atoms with van der Waals surface area (Å²) in [7, 11) is 0. The molecule has 1 N–H and O–H groups in total. The van der Waals surface area contributed by atoms with Gasteiger partial charge >= 0.3 is 11.9 Å². The van der Waals surface area contributed by atoms with Crippen molar-refractivity contribution in [3.05, 3.63) is 0 Å². The zero-order chi connectivity index (χ0) is 19.7. The van der Waals surface area contributed by atoms with Gasteiger partial charge in [-0.2, -0.15) is 0 Å². The first-order valence-corrected chi connectivity index (χ1v) is 10.9. The molecule has 0 saturated heterocycles. The predicted octanol–water partition coefficient (Wildman–Crippen LogP) is 4.84. The van der Waals surface area contributed by atoms with Crippen LogP contribution in [-0.4, -0.2) is 35.7 Å². The largest absolute Gasteiger partial charge is 0.466 e. The SMILES string of the molecule is CCCCCCCCOC(=O)CC(SOOO)C(=O)OCC1CCCCC1. The second-order valence-electron chi connectivity index (χ2n) is 7.05. The van der Waals surface area contributed by atoms with E-state index in [0.29, 0.717) is 31.2 Å². The first kappa shape index (κ1) is 24.2. The molecule has 1 rings (SSSR count). The number of carbonyl (C=O) groups is 2. The maximum atomic E-state index is 12.2. The lowest BCUT2D eigenvalue weighted by molar-refractivity contribution is -0.432. The van der Waals surface area contributed by atoms with Gasteiger partial charge in [-0.15, -0.1) is 4.33 Å². The minimum Gasteiger partial charge on any atom is -0.466 e. The van der Waals surface area contributed by atoms with E-state index in [1.807, 2.05) is 0 Å². The zero-order valence-electron chi connectivity index (χ0n) is 16.4. The molecule has 0 aromatic heterocycles. The van der Waals surface area contributed by atoms with Crippen LogP contribution in [0.15, 0.2) is 0 Å². The number of ether oxygens (including phenoxy) is 2. The summed E-state index contributed by atoms with van der Waals surface area (Å²) in [5, 5.41) is 10.9. The summed E-state index contributed by atoms with van der Waals surface area (Å²) in [6.45, 7) is 2.86. The van der Waals surface area contributed by atoms with Gasteiger partial charge in [-0.1, -0.05) is 63.3 Å². The van der Waals surface area contributed by atoms with E-state index in [2.05, 4.69) is 16.3 Å². The maximum absolute atomic E-state index is 12.2. The van der Waals surface area contributed by atoms with Crippen molar-refractivity contribution in [2.24, 2.45) is 5.92 Å². The number of hydrogen-bond acceptors (Lipinski definition) is 8. The highest BCUT2D eigenvalue weighted by molar-refractivity contribution is 7.95. The van der Waals surface area contributed by atoms with Gasteiger partial charge in [-0.3, -0.25) is 9.59 Å². The highest BCUT2D eigenvalue weighted by Gasteiger charge is 2.28. The van der Waals surface area contributed by atoms with Gasteiger partial charge in [0.25, 0.3) is 0 Å². The minimum absolute atomic E-state index is 0.187. The summed E-state index contributed by atoms with van der Waals surface area (Å²) < 4.78 is 14.9. The molecule has 1 aliphatic carbocycles. The topological polar surface area (TPSA) is 91.3 Å². The van der Waals surface area contributed by atoms with Gasteiger partial charge in [0, 0.05) is 0 Å². The second kappa shape index (κ2) is 16.2. The van der Waals surface area contributed by atoms with Crippen molar-refractivity contribution in [3.63, 3.8) is 0 Å². The quantitative estimate of drug-likeness (QED) is 0.136. The molecule has 0 bridgehead atoms. The summed E-state index contributed by atoms with van der Waals surface area (Å²) in [4.78, 5) is 24.2. The number of rotatable bonds is 15. The van der Waals surface area contributed by atoms with Gasteiger partial charge < -0.3 is 9.47 Å². The molecule has 0 aliphatic heterocycles. The van der Waals surface area contributed by atoms with Crippen LogP contribution in [0.1, 0.15) is 84.0 Å². The van der Waals surface area contributed by atoms with E-state index in [4.69, 9.17) is 14.7 Å². The lowest BCUT2D eigenvalue weighted by atomic mass is 9.90. The highest BCUT2D eigenvalue weighted by Crippen LogP contribution is 2.25. The Morgan fingerprint density at radius 2 is 1.74 bits per heavy atom. The van der Waals surface area contributed by atoms with E-state index in [9.17, 15) is 9.59 Å². The highest BCUT2D eigenvalue weighted by atomic mass is 32.2. The molecule has 1 saturated carbocycles. The summed E-state index contributed by atoms with van der Waals surface area (Å²) in [6.07, 6.45) is 12.1. The molecule has 158 valence electrons. The average molecular weight is 407 g/mol. The van der Waals surface area contributed by atoms with Crippen LogP contribution in [0.3, 0.4) is 0 Å². The summed E-state index contributed by atoms with van der Waals surface area (Å²) in [5.74, 6) is -0.667. The molecule has 7 nitrogen and oxygen atoms in total. The first-order valence-electron chi connectivity index (χ1n) is 10.1. The molecule has 0 amide bonds. The van der Waals surface area contributed by atoms with E-state index < -0.39 is 17.2 Å². The van der Waals surface area contributed by atoms with Gasteiger partial charge in [0.2, 0.25) is 0 Å². The van der Waals surface area contributed by atoms with Crippen molar-refractivity contribution >= 4 is 24.0 Å². The van der Waals surface area contributed by atoms with E-state index >= 15 is 0 Å². The van der Waals surface area contributed by atoms with Gasteiger partial charge in [-0.05, 0) is 25.2 Å². The summed E-state index contributed by atoms with van der Waals surface area (Å²) in [5.41, 5.74) is 0. The van der Waals surface area contributed by atoms with Crippen molar-refractivity contribution in [2.75, 3.05) is 13.2 Å². The van der Waals surface area contributed by atoms with Gasteiger partial charge in [0.05, 0.1) is 31.7 Å². The van der Waals surface area contributed by atoms with Crippen LogP contribution in [-0.2, 0) is 28.4 Å². The Morgan fingerprint density at radius 3 is 2.44 bits per heavy atom. The lowest BCUT2D eigenvalue weighted by Crippen LogP contribution is -2.27. The third kappa shape index (κ3) is 12.3. The van der Waals surface area contributed by atoms with Gasteiger partial charge in [0.1, 0.15) is 5.25 Å². The van der Waals surface area contributed by atoms with E-state index in [0.717, 1.165) is 44.9 Å². The number of carbonyl (C=O) groups excluding carboxylic acids is 2. The molecule has 0 aromatic rings. The molecule has 0 radical (unpaired) electrons. The number of unbranched alkanes of at least 4 members (excludes halogenated alkanes) is 5. The number of esters is 2. The van der Waals surface area contributed by atoms with E-state index in [1.54, 1.807) is 0 Å². The normalized spacial score (nSPS) is 16.1. The van der Waals surface area contributed by atoms with Crippen LogP contribution in [0.2, 0.25) is 0 Å². The Kier molecular flexibility index (Phi) is 14.5. The van der Waals surface area contributed by atoms with E-state index in [-0.39, 0.29) is 6.42 Å².